The molecule has 0 unspecified atom stereocenters. The molecule has 132 valence electrons. The lowest BCUT2D eigenvalue weighted by atomic mass is 9.85. The van der Waals surface area contributed by atoms with Crippen LogP contribution in [-0.2, 0) is 11.3 Å². The molecule has 1 saturated carbocycles. The van der Waals surface area contributed by atoms with Gasteiger partial charge in [0.2, 0.25) is 5.91 Å². The summed E-state index contributed by atoms with van der Waals surface area (Å²) in [6.45, 7) is 0.612. The van der Waals surface area contributed by atoms with Crippen molar-refractivity contribution < 1.29 is 14.3 Å². The Balaban J connectivity index is 1.55. The highest BCUT2D eigenvalue weighted by Gasteiger charge is 2.25. The maximum absolute atomic E-state index is 11.9. The van der Waals surface area contributed by atoms with Gasteiger partial charge in [0.25, 0.3) is 0 Å². The Bertz CT molecular complexity index is 727. The van der Waals surface area contributed by atoms with Crippen LogP contribution in [0.25, 0.3) is 0 Å². The predicted molar refractivity (Wildman–Crippen MR) is 97.1 cm³/mol. The first-order valence-corrected chi connectivity index (χ1v) is 8.41. The van der Waals surface area contributed by atoms with Gasteiger partial charge >= 0.3 is 0 Å². The van der Waals surface area contributed by atoms with Crippen LogP contribution in [0, 0.1) is 5.92 Å². The molecule has 2 aromatic rings. The first-order chi connectivity index (χ1) is 12.2. The van der Waals surface area contributed by atoms with Crippen molar-refractivity contribution >= 4 is 17.4 Å². The van der Waals surface area contributed by atoms with Crippen LogP contribution in [0.4, 0.5) is 11.5 Å². The van der Waals surface area contributed by atoms with E-state index in [4.69, 9.17) is 9.47 Å². The van der Waals surface area contributed by atoms with Crippen molar-refractivity contribution in [3.05, 3.63) is 42.1 Å². The van der Waals surface area contributed by atoms with Gasteiger partial charge < -0.3 is 20.1 Å². The number of carbonyl (C=O) groups excluding carboxylic acids is 1. The van der Waals surface area contributed by atoms with Gasteiger partial charge in [0.1, 0.15) is 5.82 Å². The number of aromatic nitrogens is 1. The molecule has 25 heavy (non-hydrogen) atoms. The zero-order valence-corrected chi connectivity index (χ0v) is 14.5. The lowest BCUT2D eigenvalue weighted by Crippen LogP contribution is -2.28. The van der Waals surface area contributed by atoms with E-state index >= 15 is 0 Å². The highest BCUT2D eigenvalue weighted by Crippen LogP contribution is 2.28. The largest absolute Gasteiger partial charge is 0.493 e. The monoisotopic (exact) mass is 341 g/mol. The highest BCUT2D eigenvalue weighted by molar-refractivity contribution is 5.92. The molecule has 1 aromatic carbocycles. The van der Waals surface area contributed by atoms with E-state index in [2.05, 4.69) is 15.6 Å². The fourth-order valence-corrected chi connectivity index (χ4v) is 2.67. The first-order valence-electron chi connectivity index (χ1n) is 8.41. The highest BCUT2D eigenvalue weighted by atomic mass is 16.5. The Morgan fingerprint density at radius 1 is 1.16 bits per heavy atom. The number of methoxy groups -OCH3 is 2. The van der Waals surface area contributed by atoms with Crippen molar-refractivity contribution in [3.8, 4) is 11.5 Å². The molecule has 1 aromatic heterocycles. The Morgan fingerprint density at radius 3 is 2.56 bits per heavy atom. The van der Waals surface area contributed by atoms with Crippen molar-refractivity contribution in [1.82, 2.24) is 4.98 Å². The number of ether oxygens (including phenoxy) is 2. The fourth-order valence-electron chi connectivity index (χ4n) is 2.67. The quantitative estimate of drug-likeness (QED) is 0.807. The van der Waals surface area contributed by atoms with E-state index in [1.807, 2.05) is 30.3 Å². The predicted octanol–water partition coefficient (Wildman–Crippen LogP) is 3.45. The molecule has 1 amide bonds. The van der Waals surface area contributed by atoms with Gasteiger partial charge in [-0.25, -0.2) is 4.98 Å². The zero-order valence-electron chi connectivity index (χ0n) is 14.5. The number of carbonyl (C=O) groups is 1. The molecule has 1 heterocycles. The Labute approximate surface area is 147 Å². The number of anilines is 2. The van der Waals surface area contributed by atoms with E-state index in [-0.39, 0.29) is 11.8 Å². The SMILES string of the molecule is COc1ccc(CNc2ccc(NC(=O)C3CCC3)cn2)cc1OC. The standard InChI is InChI=1S/C19H23N3O3/c1-24-16-8-6-13(10-17(16)25-2)11-20-18-9-7-15(12-21-18)22-19(23)14-4-3-5-14/h6-10,12,14H,3-5,11H2,1-2H3,(H,20,21)(H,22,23). The van der Waals surface area contributed by atoms with Gasteiger partial charge in [-0.2, -0.15) is 0 Å². The van der Waals surface area contributed by atoms with Gasteiger partial charge in [0.15, 0.2) is 11.5 Å². The minimum Gasteiger partial charge on any atom is -0.493 e. The Morgan fingerprint density at radius 2 is 1.96 bits per heavy atom. The molecule has 3 rings (SSSR count). The lowest BCUT2D eigenvalue weighted by Gasteiger charge is -2.23. The molecule has 1 fully saturated rings. The van der Waals surface area contributed by atoms with Gasteiger partial charge in [0, 0.05) is 12.5 Å². The van der Waals surface area contributed by atoms with Crippen LogP contribution in [0.15, 0.2) is 36.5 Å². The van der Waals surface area contributed by atoms with Gasteiger partial charge in [-0.15, -0.1) is 0 Å². The van der Waals surface area contributed by atoms with Crippen LogP contribution < -0.4 is 20.1 Å². The van der Waals surface area contributed by atoms with Crippen LogP contribution >= 0.6 is 0 Å². The summed E-state index contributed by atoms with van der Waals surface area (Å²) < 4.78 is 10.5. The molecule has 0 spiro atoms. The zero-order chi connectivity index (χ0) is 17.6. The van der Waals surface area contributed by atoms with Crippen molar-refractivity contribution in [2.24, 2.45) is 5.92 Å². The third-order valence-corrected chi connectivity index (χ3v) is 4.43. The van der Waals surface area contributed by atoms with Crippen molar-refractivity contribution in [2.75, 3.05) is 24.9 Å². The normalized spacial score (nSPS) is 13.7. The number of hydrogen-bond donors (Lipinski definition) is 2. The second-order valence-corrected chi connectivity index (χ2v) is 6.09. The van der Waals surface area contributed by atoms with E-state index < -0.39 is 0 Å². The summed E-state index contributed by atoms with van der Waals surface area (Å²) in [6.07, 6.45) is 4.80. The van der Waals surface area contributed by atoms with Gasteiger partial charge in [-0.3, -0.25) is 4.79 Å². The van der Waals surface area contributed by atoms with Gasteiger partial charge in [-0.05, 0) is 42.7 Å². The molecule has 0 atom stereocenters. The van der Waals surface area contributed by atoms with Crippen LogP contribution in [0.5, 0.6) is 11.5 Å². The van der Waals surface area contributed by atoms with Crippen LogP contribution in [0.3, 0.4) is 0 Å². The third kappa shape index (κ3) is 4.21. The molecule has 6 heteroatoms. The van der Waals surface area contributed by atoms with Crippen LogP contribution in [0.2, 0.25) is 0 Å². The Hall–Kier alpha value is -2.76. The van der Waals surface area contributed by atoms with Crippen LogP contribution in [0.1, 0.15) is 24.8 Å². The van der Waals surface area contributed by atoms with E-state index in [0.29, 0.717) is 18.0 Å². The number of benzene rings is 1. The molecular weight excluding hydrogens is 318 g/mol. The minimum absolute atomic E-state index is 0.0964. The van der Waals surface area contributed by atoms with Gasteiger partial charge in [0.05, 0.1) is 26.1 Å². The minimum atomic E-state index is 0.0964. The van der Waals surface area contributed by atoms with E-state index in [1.54, 1.807) is 20.4 Å². The molecular formula is C19H23N3O3. The number of pyridine rings is 1. The number of nitrogens with zero attached hydrogens (tertiary/aromatic N) is 1. The summed E-state index contributed by atoms with van der Waals surface area (Å²) in [5.41, 5.74) is 1.79. The van der Waals surface area contributed by atoms with Crippen molar-refractivity contribution in [3.63, 3.8) is 0 Å². The average molecular weight is 341 g/mol. The summed E-state index contributed by atoms with van der Waals surface area (Å²) in [7, 11) is 3.23. The second kappa shape index (κ2) is 7.88. The number of hydrogen-bond acceptors (Lipinski definition) is 5. The van der Waals surface area contributed by atoms with Crippen molar-refractivity contribution in [1.29, 1.82) is 0 Å². The first kappa shape index (κ1) is 17.1. The molecule has 0 aliphatic heterocycles. The molecule has 1 aliphatic rings. The number of rotatable bonds is 7. The average Bonchev–Trinajstić information content (AvgIpc) is 2.59. The molecule has 2 N–H and O–H groups in total. The van der Waals surface area contributed by atoms with Gasteiger partial charge in [-0.1, -0.05) is 12.5 Å². The lowest BCUT2D eigenvalue weighted by molar-refractivity contribution is -0.122. The summed E-state index contributed by atoms with van der Waals surface area (Å²) in [4.78, 5) is 16.3. The fraction of sp³-hybridized carbons (Fsp3) is 0.368. The number of nitrogens with one attached hydrogen (secondary N) is 2. The molecule has 0 bridgehead atoms. The summed E-state index contributed by atoms with van der Waals surface area (Å²) >= 11 is 0. The van der Waals surface area contributed by atoms with E-state index in [1.165, 1.54) is 0 Å². The van der Waals surface area contributed by atoms with Crippen molar-refractivity contribution in [2.45, 2.75) is 25.8 Å². The third-order valence-electron chi connectivity index (χ3n) is 4.43. The van der Waals surface area contributed by atoms with E-state index in [0.717, 1.165) is 36.3 Å². The molecule has 1 aliphatic carbocycles. The topological polar surface area (TPSA) is 72.5 Å². The molecule has 0 radical (unpaired) electrons. The van der Waals surface area contributed by atoms with E-state index in [9.17, 15) is 4.79 Å². The Kier molecular flexibility index (Phi) is 5.38. The maximum atomic E-state index is 11.9. The molecule has 6 nitrogen and oxygen atoms in total. The molecule has 0 saturated heterocycles. The summed E-state index contributed by atoms with van der Waals surface area (Å²) in [5, 5.41) is 6.17. The summed E-state index contributed by atoms with van der Waals surface area (Å²) in [6, 6.07) is 9.50. The van der Waals surface area contributed by atoms with Crippen LogP contribution in [-0.4, -0.2) is 25.1 Å². The summed E-state index contributed by atoms with van der Waals surface area (Å²) in [5.74, 6) is 2.41. The second-order valence-electron chi connectivity index (χ2n) is 6.09. The smallest absolute Gasteiger partial charge is 0.227 e. The number of amides is 1. The maximum Gasteiger partial charge on any atom is 0.227 e.